The van der Waals surface area contributed by atoms with Gasteiger partial charge < -0.3 is 0 Å². The van der Waals surface area contributed by atoms with Crippen molar-refractivity contribution >= 4 is 52.2 Å². The van der Waals surface area contributed by atoms with E-state index in [4.69, 9.17) is 23.2 Å². The van der Waals surface area contributed by atoms with Crippen LogP contribution in [0.4, 0.5) is 4.39 Å². The first-order chi connectivity index (χ1) is 3.85. The summed E-state index contributed by atoms with van der Waals surface area (Å²) >= 11 is 19.2. The van der Waals surface area contributed by atoms with E-state index < -0.39 is 15.2 Å². The Labute approximate surface area is 71.0 Å². The maximum atomic E-state index is 12.0. The minimum absolute atomic E-state index is 1.27. The summed E-state index contributed by atoms with van der Waals surface area (Å²) in [5, 5.41) is 0. The molecule has 0 N–H and O–H groups in total. The van der Waals surface area contributed by atoms with E-state index in [1.807, 2.05) is 0 Å². The Bertz CT molecular complexity index is 117. The predicted octanol–water partition coefficient (Wildman–Crippen LogP) is 2.46. The summed E-state index contributed by atoms with van der Waals surface area (Å²) in [6, 6.07) is 0. The summed E-state index contributed by atoms with van der Waals surface area (Å²) in [4.78, 5) is 8.74. The predicted molar refractivity (Wildman–Crippen MR) is 36.0 cm³/mol. The standard InChI is InChI=1S/C3HCl4FO/c4-2(5)1(9)3(6,7)8/h2H. The number of alkyl halides is 5. The van der Waals surface area contributed by atoms with Gasteiger partial charge in [0.05, 0.1) is 0 Å². The van der Waals surface area contributed by atoms with Gasteiger partial charge >= 0.3 is 4.59 Å². The number of carbonyl (C=O) groups is 1. The summed E-state index contributed by atoms with van der Waals surface area (Å²) in [6.07, 6.45) is 0. The summed E-state index contributed by atoms with van der Waals surface area (Å²) in [7, 11) is 0. The second-order valence-corrected chi connectivity index (χ2v) is 3.49. The minimum Gasteiger partial charge on any atom is -0.290 e. The molecule has 0 aromatic heterocycles. The van der Waals surface area contributed by atoms with Gasteiger partial charge in [0.2, 0.25) is 5.78 Å². The van der Waals surface area contributed by atoms with Crippen LogP contribution in [0, 0.1) is 0 Å². The minimum atomic E-state index is -2.98. The van der Waals surface area contributed by atoms with Gasteiger partial charge in [-0.2, -0.15) is 4.39 Å². The van der Waals surface area contributed by atoms with Gasteiger partial charge in [0, 0.05) is 0 Å². The second-order valence-electron chi connectivity index (χ2n) is 1.16. The van der Waals surface area contributed by atoms with Crippen LogP contribution in [0.3, 0.4) is 0 Å². The molecule has 0 saturated carbocycles. The average Bonchev–Trinajstić information content (AvgIpc) is 1.62. The van der Waals surface area contributed by atoms with Gasteiger partial charge in [-0.05, 0) is 0 Å². The van der Waals surface area contributed by atoms with Crippen LogP contribution in [0.15, 0.2) is 0 Å². The van der Waals surface area contributed by atoms with E-state index in [0.717, 1.165) is 0 Å². The van der Waals surface area contributed by atoms with Crippen molar-refractivity contribution in [1.82, 2.24) is 0 Å². The third-order valence-electron chi connectivity index (χ3n) is 0.478. The molecule has 1 nitrogen and oxygen atoms in total. The van der Waals surface area contributed by atoms with Crippen LogP contribution in [-0.2, 0) is 4.79 Å². The molecule has 0 aromatic rings. The highest BCUT2D eigenvalue weighted by Crippen LogP contribution is 2.27. The number of hydrogen-bond acceptors (Lipinski definition) is 1. The summed E-state index contributed by atoms with van der Waals surface area (Å²) in [6.45, 7) is 0. The third-order valence-corrected chi connectivity index (χ3v) is 1.25. The lowest BCUT2D eigenvalue weighted by Crippen LogP contribution is -2.25. The lowest BCUT2D eigenvalue weighted by molar-refractivity contribution is -0.121. The summed E-state index contributed by atoms with van der Waals surface area (Å²) < 4.78 is 9.07. The number of halogens is 5. The zero-order chi connectivity index (χ0) is 7.65. The maximum absolute atomic E-state index is 12.0. The Hall–Kier alpha value is 0.760. The molecule has 0 atom stereocenters. The highest BCUT2D eigenvalue weighted by molar-refractivity contribution is 6.65. The molecule has 6 heteroatoms. The fourth-order valence-electron chi connectivity index (χ4n) is 0.124. The molecule has 0 aliphatic carbocycles. The van der Waals surface area contributed by atoms with Gasteiger partial charge in [-0.1, -0.05) is 46.4 Å². The van der Waals surface area contributed by atoms with Crippen LogP contribution in [0.1, 0.15) is 0 Å². The van der Waals surface area contributed by atoms with Crippen LogP contribution in [0.25, 0.3) is 0 Å². The molecule has 9 heavy (non-hydrogen) atoms. The molecule has 0 radical (unpaired) electrons. The Kier molecular flexibility index (Phi) is 3.51. The summed E-state index contributed by atoms with van der Waals surface area (Å²) in [5.41, 5.74) is 0. The monoisotopic (exact) mass is 212 g/mol. The number of hydrogen-bond donors (Lipinski definition) is 0. The fraction of sp³-hybridized carbons (Fsp3) is 0.667. The highest BCUT2D eigenvalue weighted by Gasteiger charge is 2.36. The number of rotatable bonds is 2. The van der Waals surface area contributed by atoms with Crippen molar-refractivity contribution in [1.29, 1.82) is 0 Å². The smallest absolute Gasteiger partial charge is 0.290 e. The van der Waals surface area contributed by atoms with E-state index in [9.17, 15) is 9.18 Å². The zero-order valence-electron chi connectivity index (χ0n) is 3.88. The van der Waals surface area contributed by atoms with Gasteiger partial charge in [0.25, 0.3) is 0 Å². The SMILES string of the molecule is O=C(C(Cl)Cl)C(F)(Cl)Cl. The quantitative estimate of drug-likeness (QED) is 0.645. The van der Waals surface area contributed by atoms with Gasteiger partial charge in [0.1, 0.15) is 0 Å². The van der Waals surface area contributed by atoms with Crippen molar-refractivity contribution < 1.29 is 9.18 Å². The van der Waals surface area contributed by atoms with Gasteiger partial charge in [-0.25, -0.2) is 0 Å². The highest BCUT2D eigenvalue weighted by atomic mass is 35.5. The first-order valence-electron chi connectivity index (χ1n) is 1.75. The number of Topliss-reactive ketones (excluding diaryl/α,β-unsaturated/α-hetero) is 1. The largest absolute Gasteiger partial charge is 0.318 e. The molecule has 0 rings (SSSR count). The van der Waals surface area contributed by atoms with Gasteiger partial charge in [0.15, 0.2) is 4.84 Å². The zero-order valence-corrected chi connectivity index (χ0v) is 6.90. The van der Waals surface area contributed by atoms with Crippen LogP contribution < -0.4 is 0 Å². The van der Waals surface area contributed by atoms with E-state index in [1.54, 1.807) is 0 Å². The van der Waals surface area contributed by atoms with Gasteiger partial charge in [-0.3, -0.25) is 4.79 Å². The first-order valence-corrected chi connectivity index (χ1v) is 3.37. The van der Waals surface area contributed by atoms with Crippen molar-refractivity contribution in [2.24, 2.45) is 0 Å². The molecule has 0 bridgehead atoms. The molecule has 0 heterocycles. The first kappa shape index (κ1) is 9.76. The number of ketones is 1. The molecular weight excluding hydrogens is 213 g/mol. The summed E-state index contributed by atoms with van der Waals surface area (Å²) in [5.74, 6) is -1.27. The molecule has 0 unspecified atom stereocenters. The molecule has 0 aliphatic rings. The van der Waals surface area contributed by atoms with Crippen molar-refractivity contribution in [2.75, 3.05) is 0 Å². The molecule has 0 aromatic carbocycles. The molecule has 0 fully saturated rings. The topological polar surface area (TPSA) is 17.1 Å². The molecule has 0 spiro atoms. The Morgan fingerprint density at radius 3 is 1.78 bits per heavy atom. The molecule has 54 valence electrons. The van der Waals surface area contributed by atoms with Crippen LogP contribution in [0.2, 0.25) is 0 Å². The number of carbonyl (C=O) groups excluding carboxylic acids is 1. The fourth-order valence-corrected chi connectivity index (χ4v) is 0.866. The van der Waals surface area contributed by atoms with Crippen LogP contribution in [0.5, 0.6) is 0 Å². The Morgan fingerprint density at radius 2 is 1.78 bits per heavy atom. The molecule has 0 amide bonds. The van der Waals surface area contributed by atoms with E-state index in [1.165, 1.54) is 0 Å². The van der Waals surface area contributed by atoms with Crippen molar-refractivity contribution in [3.8, 4) is 0 Å². The third kappa shape index (κ3) is 3.46. The van der Waals surface area contributed by atoms with Crippen LogP contribution >= 0.6 is 46.4 Å². The second kappa shape index (κ2) is 3.24. The maximum Gasteiger partial charge on any atom is 0.318 e. The van der Waals surface area contributed by atoms with E-state index >= 15 is 0 Å². The van der Waals surface area contributed by atoms with Crippen molar-refractivity contribution in [3.05, 3.63) is 0 Å². The lowest BCUT2D eigenvalue weighted by Gasteiger charge is -2.06. The Morgan fingerprint density at radius 1 is 1.44 bits per heavy atom. The van der Waals surface area contributed by atoms with Crippen molar-refractivity contribution in [2.45, 2.75) is 9.42 Å². The van der Waals surface area contributed by atoms with E-state index in [0.29, 0.717) is 0 Å². The molecule has 0 aliphatic heterocycles. The molecular formula is C3HCl4FO. The van der Waals surface area contributed by atoms with Crippen LogP contribution in [-0.4, -0.2) is 15.2 Å². The van der Waals surface area contributed by atoms with Crippen molar-refractivity contribution in [3.63, 3.8) is 0 Å². The molecule has 0 saturated heterocycles. The van der Waals surface area contributed by atoms with Gasteiger partial charge in [-0.15, -0.1) is 0 Å². The average molecular weight is 214 g/mol. The van der Waals surface area contributed by atoms with E-state index in [-0.39, 0.29) is 0 Å². The van der Waals surface area contributed by atoms with E-state index in [2.05, 4.69) is 23.2 Å². The lowest BCUT2D eigenvalue weighted by atomic mass is 10.5. The normalized spacial score (nSPS) is 12.2. The Balaban J connectivity index is 4.06.